The van der Waals surface area contributed by atoms with Crippen molar-refractivity contribution in [3.63, 3.8) is 0 Å². The lowest BCUT2D eigenvalue weighted by atomic mass is 9.70. The first-order valence-electron chi connectivity index (χ1n) is 7.27. The molecule has 0 spiro atoms. The largest absolute Gasteiger partial charge is 0.376 e. The minimum absolute atomic E-state index is 0.209. The molecule has 0 bridgehead atoms. The molecule has 0 aromatic heterocycles. The van der Waals surface area contributed by atoms with E-state index in [0.29, 0.717) is 6.04 Å². The Morgan fingerprint density at radius 3 is 2.71 bits per heavy atom. The van der Waals surface area contributed by atoms with E-state index in [1.54, 1.807) is 0 Å². The predicted molar refractivity (Wildman–Crippen MR) is 99.1 cm³/mol. The van der Waals surface area contributed by atoms with Crippen molar-refractivity contribution in [3.05, 3.63) is 62.2 Å². The Kier molecular flexibility index (Phi) is 4.19. The molecule has 0 radical (unpaired) electrons. The predicted octanol–water partition coefficient (Wildman–Crippen LogP) is 6.07. The minimum atomic E-state index is 0.209. The normalized spacial score (nSPS) is 19.9. The summed E-state index contributed by atoms with van der Waals surface area (Å²) in [6, 6.07) is 15.2. The fourth-order valence-electron chi connectivity index (χ4n) is 3.10. The van der Waals surface area contributed by atoms with E-state index in [1.807, 2.05) is 6.07 Å². The molecule has 21 heavy (non-hydrogen) atoms. The van der Waals surface area contributed by atoms with Crippen molar-refractivity contribution in [2.45, 2.75) is 32.7 Å². The Labute approximate surface area is 145 Å². The van der Waals surface area contributed by atoms with Gasteiger partial charge in [-0.1, -0.05) is 49.7 Å². The molecule has 3 heteroatoms. The van der Waals surface area contributed by atoms with Crippen molar-refractivity contribution in [2.24, 2.45) is 5.41 Å². The summed E-state index contributed by atoms with van der Waals surface area (Å²) >= 11 is 8.69. The maximum Gasteiger partial charge on any atom is 0.0648 e. The molecular weight excluding hydrogens is 393 g/mol. The second kappa shape index (κ2) is 5.81. The lowest BCUT2D eigenvalue weighted by Crippen LogP contribution is -2.33. The molecule has 1 atom stereocenters. The molecule has 110 valence electrons. The van der Waals surface area contributed by atoms with Crippen molar-refractivity contribution in [2.75, 3.05) is 5.32 Å². The van der Waals surface area contributed by atoms with Gasteiger partial charge in [0, 0.05) is 3.57 Å². The van der Waals surface area contributed by atoms with Gasteiger partial charge in [0.2, 0.25) is 0 Å². The third-order valence-corrected chi connectivity index (χ3v) is 5.40. The van der Waals surface area contributed by atoms with Gasteiger partial charge in [0.25, 0.3) is 0 Å². The number of aryl methyl sites for hydroxylation is 1. The minimum Gasteiger partial charge on any atom is -0.376 e. The van der Waals surface area contributed by atoms with Crippen LogP contribution in [-0.4, -0.2) is 0 Å². The maximum absolute atomic E-state index is 6.40. The van der Waals surface area contributed by atoms with Gasteiger partial charge in [0.15, 0.2) is 0 Å². The third kappa shape index (κ3) is 3.07. The molecule has 3 rings (SSSR count). The molecule has 2 aromatic rings. The molecule has 0 fully saturated rings. The van der Waals surface area contributed by atoms with Crippen LogP contribution in [0.5, 0.6) is 0 Å². The summed E-state index contributed by atoms with van der Waals surface area (Å²) in [4.78, 5) is 0. The Hall–Kier alpha value is -0.740. The van der Waals surface area contributed by atoms with Gasteiger partial charge in [-0.25, -0.2) is 0 Å². The van der Waals surface area contributed by atoms with Crippen LogP contribution in [0.2, 0.25) is 5.02 Å². The van der Waals surface area contributed by atoms with Crippen molar-refractivity contribution in [1.29, 1.82) is 0 Å². The van der Waals surface area contributed by atoms with Gasteiger partial charge in [0.05, 0.1) is 16.8 Å². The molecule has 0 aliphatic heterocycles. The Morgan fingerprint density at radius 2 is 1.95 bits per heavy atom. The van der Waals surface area contributed by atoms with E-state index in [0.717, 1.165) is 20.7 Å². The standard InChI is InChI=1S/C18H19ClIN/c1-18(2)10-9-12-5-3-4-6-14(12)17(18)21-16-8-7-13(20)11-15(16)19/h3-8,11,17,21H,9-10H2,1-2H3. The number of benzene rings is 2. The highest BCUT2D eigenvalue weighted by atomic mass is 127. The fraction of sp³-hybridized carbons (Fsp3) is 0.333. The van der Waals surface area contributed by atoms with Gasteiger partial charge in [0.1, 0.15) is 0 Å². The van der Waals surface area contributed by atoms with Crippen molar-refractivity contribution >= 4 is 39.9 Å². The molecule has 0 heterocycles. The highest BCUT2D eigenvalue weighted by Crippen LogP contribution is 2.45. The SMILES string of the molecule is CC1(C)CCc2ccccc2C1Nc1ccc(I)cc1Cl. The zero-order valence-electron chi connectivity index (χ0n) is 12.3. The van der Waals surface area contributed by atoms with Crippen LogP contribution in [-0.2, 0) is 6.42 Å². The average molecular weight is 412 g/mol. The average Bonchev–Trinajstić information content (AvgIpc) is 2.44. The molecule has 1 aliphatic rings. The number of hydrogen-bond donors (Lipinski definition) is 1. The number of fused-ring (bicyclic) bond motifs is 1. The number of nitrogens with one attached hydrogen (secondary N) is 1. The first-order chi connectivity index (χ1) is 9.97. The Morgan fingerprint density at radius 1 is 1.19 bits per heavy atom. The third-order valence-electron chi connectivity index (χ3n) is 4.42. The molecule has 0 saturated heterocycles. The van der Waals surface area contributed by atoms with Crippen molar-refractivity contribution < 1.29 is 0 Å². The van der Waals surface area contributed by atoms with Gasteiger partial charge in [-0.05, 0) is 70.2 Å². The molecule has 1 nitrogen and oxygen atoms in total. The first kappa shape index (κ1) is 15.2. The topological polar surface area (TPSA) is 12.0 Å². The number of hydrogen-bond acceptors (Lipinski definition) is 1. The van der Waals surface area contributed by atoms with Gasteiger partial charge in [-0.2, -0.15) is 0 Å². The summed E-state index contributed by atoms with van der Waals surface area (Å²) < 4.78 is 1.16. The van der Waals surface area contributed by atoms with Crippen LogP contribution in [0.1, 0.15) is 37.4 Å². The number of rotatable bonds is 2. The van der Waals surface area contributed by atoms with E-state index in [-0.39, 0.29) is 5.41 Å². The van der Waals surface area contributed by atoms with E-state index >= 15 is 0 Å². The Balaban J connectivity index is 1.99. The van der Waals surface area contributed by atoms with E-state index in [2.05, 4.69) is 78.2 Å². The summed E-state index contributed by atoms with van der Waals surface area (Å²) in [6.07, 6.45) is 2.34. The van der Waals surface area contributed by atoms with Crippen LogP contribution in [0, 0.1) is 8.99 Å². The van der Waals surface area contributed by atoms with E-state index in [4.69, 9.17) is 11.6 Å². The van der Waals surface area contributed by atoms with Crippen LogP contribution in [0.15, 0.2) is 42.5 Å². The number of anilines is 1. The van der Waals surface area contributed by atoms with Crippen LogP contribution in [0.4, 0.5) is 5.69 Å². The molecule has 0 amide bonds. The highest BCUT2D eigenvalue weighted by molar-refractivity contribution is 14.1. The summed E-state index contributed by atoms with van der Waals surface area (Å²) in [5, 5.41) is 4.48. The molecule has 1 unspecified atom stereocenters. The monoisotopic (exact) mass is 411 g/mol. The van der Waals surface area contributed by atoms with Crippen LogP contribution < -0.4 is 5.32 Å². The molecule has 1 aliphatic carbocycles. The maximum atomic E-state index is 6.40. The lowest BCUT2D eigenvalue weighted by Gasteiger charge is -2.41. The van der Waals surface area contributed by atoms with Gasteiger partial charge >= 0.3 is 0 Å². The number of halogens is 2. The highest BCUT2D eigenvalue weighted by Gasteiger charge is 2.35. The quantitative estimate of drug-likeness (QED) is 0.591. The smallest absolute Gasteiger partial charge is 0.0648 e. The molecular formula is C18H19ClIN. The second-order valence-electron chi connectivity index (χ2n) is 6.39. The Bertz CT molecular complexity index is 666. The molecule has 1 N–H and O–H groups in total. The fourth-order valence-corrected chi connectivity index (χ4v) is 4.01. The van der Waals surface area contributed by atoms with Crippen LogP contribution in [0.3, 0.4) is 0 Å². The van der Waals surface area contributed by atoms with Gasteiger partial charge in [-0.3, -0.25) is 0 Å². The molecule has 0 saturated carbocycles. The zero-order chi connectivity index (χ0) is 15.0. The van der Waals surface area contributed by atoms with Gasteiger partial charge < -0.3 is 5.32 Å². The first-order valence-corrected chi connectivity index (χ1v) is 8.72. The van der Waals surface area contributed by atoms with Crippen LogP contribution in [0.25, 0.3) is 0 Å². The second-order valence-corrected chi connectivity index (χ2v) is 8.04. The summed E-state index contributed by atoms with van der Waals surface area (Å²) in [5.74, 6) is 0. The van der Waals surface area contributed by atoms with Crippen LogP contribution >= 0.6 is 34.2 Å². The van der Waals surface area contributed by atoms with E-state index in [9.17, 15) is 0 Å². The summed E-state index contributed by atoms with van der Waals surface area (Å²) in [5.41, 5.74) is 4.09. The summed E-state index contributed by atoms with van der Waals surface area (Å²) in [6.45, 7) is 4.67. The zero-order valence-corrected chi connectivity index (χ0v) is 15.2. The van der Waals surface area contributed by atoms with Gasteiger partial charge in [-0.15, -0.1) is 0 Å². The van der Waals surface area contributed by atoms with Crippen molar-refractivity contribution in [1.82, 2.24) is 0 Å². The van der Waals surface area contributed by atoms with E-state index in [1.165, 1.54) is 17.5 Å². The summed E-state index contributed by atoms with van der Waals surface area (Å²) in [7, 11) is 0. The molecule has 2 aromatic carbocycles. The van der Waals surface area contributed by atoms with Crippen molar-refractivity contribution in [3.8, 4) is 0 Å². The van der Waals surface area contributed by atoms with E-state index < -0.39 is 0 Å². The lowest BCUT2D eigenvalue weighted by molar-refractivity contribution is 0.265.